The van der Waals surface area contributed by atoms with E-state index < -0.39 is 17.6 Å². The number of imide groups is 1. The number of nitrogens with zero attached hydrogens (tertiary/aromatic N) is 1. The molecule has 2 aromatic carbocycles. The first-order chi connectivity index (χ1) is 13.0. The Morgan fingerprint density at radius 3 is 2.41 bits per heavy atom. The van der Waals surface area contributed by atoms with Gasteiger partial charge in [0.05, 0.1) is 5.57 Å². The molecule has 6 heteroatoms. The summed E-state index contributed by atoms with van der Waals surface area (Å²) < 4.78 is 18.3. The number of carbonyl (C=O) groups excluding carboxylic acids is 2. The van der Waals surface area contributed by atoms with Gasteiger partial charge in [0.25, 0.3) is 11.8 Å². The Labute approximate surface area is 157 Å². The molecule has 0 radical (unpaired) electrons. The van der Waals surface area contributed by atoms with E-state index in [1.54, 1.807) is 7.11 Å². The average Bonchev–Trinajstić information content (AvgIpc) is 2.89. The van der Waals surface area contributed by atoms with Crippen LogP contribution in [0.15, 0.2) is 54.2 Å². The lowest BCUT2D eigenvalue weighted by molar-refractivity contribution is -0.136. The number of anilines is 1. The number of amides is 2. The molecule has 0 aromatic heterocycles. The van der Waals surface area contributed by atoms with Gasteiger partial charge in [-0.3, -0.25) is 14.5 Å². The van der Waals surface area contributed by atoms with Crippen molar-refractivity contribution in [2.75, 3.05) is 25.6 Å². The van der Waals surface area contributed by atoms with Crippen molar-refractivity contribution in [1.82, 2.24) is 4.90 Å². The lowest BCUT2D eigenvalue weighted by Gasteiger charge is -2.15. The topological polar surface area (TPSA) is 58.6 Å². The van der Waals surface area contributed by atoms with Crippen LogP contribution in [0.3, 0.4) is 0 Å². The summed E-state index contributed by atoms with van der Waals surface area (Å²) in [5.74, 6) is -1.18. The minimum Gasteiger partial charge on any atom is -0.385 e. The quantitative estimate of drug-likeness (QED) is 0.601. The maximum Gasteiger partial charge on any atom is 0.278 e. The zero-order valence-corrected chi connectivity index (χ0v) is 15.3. The van der Waals surface area contributed by atoms with Crippen molar-refractivity contribution in [3.8, 4) is 0 Å². The predicted molar refractivity (Wildman–Crippen MR) is 101 cm³/mol. The zero-order valence-electron chi connectivity index (χ0n) is 15.3. The number of hydrogen-bond donors (Lipinski definition) is 1. The average molecular weight is 368 g/mol. The summed E-state index contributed by atoms with van der Waals surface area (Å²) >= 11 is 0. The lowest BCUT2D eigenvalue weighted by atomic mass is 10.0. The Morgan fingerprint density at radius 2 is 1.74 bits per heavy atom. The molecule has 0 fully saturated rings. The Morgan fingerprint density at radius 1 is 1.04 bits per heavy atom. The third kappa shape index (κ3) is 3.90. The summed E-state index contributed by atoms with van der Waals surface area (Å²) in [6.45, 7) is 2.62. The van der Waals surface area contributed by atoms with Crippen molar-refractivity contribution in [3.05, 3.63) is 71.2 Å². The van der Waals surface area contributed by atoms with Crippen LogP contribution in [0, 0.1) is 12.7 Å². The number of para-hydroxylation sites is 1. The molecule has 1 N–H and O–H groups in total. The molecule has 140 valence electrons. The molecule has 1 aliphatic rings. The third-order valence-electron chi connectivity index (χ3n) is 4.44. The summed E-state index contributed by atoms with van der Waals surface area (Å²) in [6, 6.07) is 13.1. The highest BCUT2D eigenvalue weighted by Crippen LogP contribution is 2.31. The first kappa shape index (κ1) is 18.8. The molecule has 1 heterocycles. The van der Waals surface area contributed by atoms with Crippen LogP contribution in [0.4, 0.5) is 10.1 Å². The summed E-state index contributed by atoms with van der Waals surface area (Å²) in [5.41, 5.74) is 2.65. The molecule has 0 unspecified atom stereocenters. The van der Waals surface area contributed by atoms with E-state index in [9.17, 15) is 14.0 Å². The molecule has 0 atom stereocenters. The van der Waals surface area contributed by atoms with Crippen molar-refractivity contribution >= 4 is 23.1 Å². The van der Waals surface area contributed by atoms with E-state index in [0.717, 1.165) is 11.3 Å². The van der Waals surface area contributed by atoms with Crippen molar-refractivity contribution in [1.29, 1.82) is 0 Å². The van der Waals surface area contributed by atoms with Gasteiger partial charge in [-0.15, -0.1) is 0 Å². The second-order valence-corrected chi connectivity index (χ2v) is 6.31. The third-order valence-corrected chi connectivity index (χ3v) is 4.44. The molecule has 3 rings (SSSR count). The van der Waals surface area contributed by atoms with Gasteiger partial charge in [0, 0.05) is 25.9 Å². The normalized spacial score (nSPS) is 14.3. The Bertz CT molecular complexity index is 891. The second-order valence-electron chi connectivity index (χ2n) is 6.31. The first-order valence-electron chi connectivity index (χ1n) is 8.71. The molecule has 5 nitrogen and oxygen atoms in total. The number of ether oxygens (including phenoxy) is 1. The Kier molecular flexibility index (Phi) is 5.66. The monoisotopic (exact) mass is 368 g/mol. The van der Waals surface area contributed by atoms with E-state index in [2.05, 4.69) is 5.32 Å². The fourth-order valence-electron chi connectivity index (χ4n) is 2.99. The van der Waals surface area contributed by atoms with Crippen LogP contribution >= 0.6 is 0 Å². The van der Waals surface area contributed by atoms with E-state index in [1.807, 2.05) is 31.2 Å². The van der Waals surface area contributed by atoms with Gasteiger partial charge in [0.2, 0.25) is 0 Å². The van der Waals surface area contributed by atoms with Crippen molar-refractivity contribution < 1.29 is 18.7 Å². The molecule has 0 bridgehead atoms. The number of benzene rings is 2. The number of nitrogens with one attached hydrogen (secondary N) is 1. The van der Waals surface area contributed by atoms with E-state index in [4.69, 9.17) is 4.74 Å². The summed E-state index contributed by atoms with van der Waals surface area (Å²) in [5, 5.41) is 3.12. The number of hydrogen-bond acceptors (Lipinski definition) is 4. The zero-order chi connectivity index (χ0) is 19.4. The van der Waals surface area contributed by atoms with Gasteiger partial charge in [-0.25, -0.2) is 4.39 Å². The van der Waals surface area contributed by atoms with Gasteiger partial charge in [0.15, 0.2) is 0 Å². The fraction of sp³-hybridized carbons (Fsp3) is 0.238. The van der Waals surface area contributed by atoms with Crippen LogP contribution < -0.4 is 5.32 Å². The highest BCUT2D eigenvalue weighted by atomic mass is 19.1. The Hall–Kier alpha value is -2.99. The second kappa shape index (κ2) is 8.14. The van der Waals surface area contributed by atoms with E-state index in [-0.39, 0.29) is 17.8 Å². The van der Waals surface area contributed by atoms with Crippen LogP contribution in [0.2, 0.25) is 0 Å². The van der Waals surface area contributed by atoms with Crippen LogP contribution in [0.1, 0.15) is 17.5 Å². The fourth-order valence-corrected chi connectivity index (χ4v) is 2.99. The molecule has 2 amide bonds. The first-order valence-corrected chi connectivity index (χ1v) is 8.71. The van der Waals surface area contributed by atoms with E-state index in [1.165, 1.54) is 29.2 Å². The minimum atomic E-state index is -0.401. The molecule has 27 heavy (non-hydrogen) atoms. The minimum absolute atomic E-state index is 0.207. The molecular formula is C21H21FN2O3. The molecule has 0 saturated carbocycles. The predicted octanol–water partition coefficient (Wildman–Crippen LogP) is 3.36. The molecule has 0 spiro atoms. The SMILES string of the molecule is COCCCN1C(=O)C(Nc2ccccc2C)=C(c2ccc(F)cc2)C1=O. The van der Waals surface area contributed by atoms with E-state index >= 15 is 0 Å². The maximum atomic E-state index is 13.3. The van der Waals surface area contributed by atoms with Gasteiger partial charge < -0.3 is 10.1 Å². The van der Waals surface area contributed by atoms with Crippen molar-refractivity contribution in [2.45, 2.75) is 13.3 Å². The van der Waals surface area contributed by atoms with Gasteiger partial charge >= 0.3 is 0 Å². The maximum absolute atomic E-state index is 13.3. The number of rotatable bonds is 7. The van der Waals surface area contributed by atoms with Gasteiger partial charge in [0.1, 0.15) is 11.5 Å². The lowest BCUT2D eigenvalue weighted by Crippen LogP contribution is -2.33. The van der Waals surface area contributed by atoms with Gasteiger partial charge in [-0.05, 0) is 42.7 Å². The van der Waals surface area contributed by atoms with Crippen molar-refractivity contribution in [3.63, 3.8) is 0 Å². The van der Waals surface area contributed by atoms with Gasteiger partial charge in [-0.2, -0.15) is 0 Å². The molecule has 1 aliphatic heterocycles. The smallest absolute Gasteiger partial charge is 0.278 e. The number of methoxy groups -OCH3 is 1. The standard InChI is InChI=1S/C21H21FN2O3/c1-14-6-3-4-7-17(14)23-19-18(15-8-10-16(22)11-9-15)20(25)24(21(19)26)12-5-13-27-2/h3-4,6-11,23H,5,12-13H2,1-2H3. The summed E-state index contributed by atoms with van der Waals surface area (Å²) in [7, 11) is 1.57. The van der Waals surface area contributed by atoms with Gasteiger partial charge in [-0.1, -0.05) is 30.3 Å². The molecular weight excluding hydrogens is 347 g/mol. The largest absolute Gasteiger partial charge is 0.385 e. The summed E-state index contributed by atoms with van der Waals surface area (Å²) in [4.78, 5) is 27.1. The highest BCUT2D eigenvalue weighted by Gasteiger charge is 2.38. The number of halogens is 1. The summed E-state index contributed by atoms with van der Waals surface area (Å²) in [6.07, 6.45) is 0.544. The highest BCUT2D eigenvalue weighted by molar-refractivity contribution is 6.36. The number of aryl methyl sites for hydroxylation is 1. The van der Waals surface area contributed by atoms with Crippen LogP contribution in [0.5, 0.6) is 0 Å². The number of carbonyl (C=O) groups is 2. The molecule has 2 aromatic rings. The van der Waals surface area contributed by atoms with Crippen LogP contribution in [0.25, 0.3) is 5.57 Å². The van der Waals surface area contributed by atoms with Crippen molar-refractivity contribution in [2.24, 2.45) is 0 Å². The van der Waals surface area contributed by atoms with Crippen LogP contribution in [-0.2, 0) is 14.3 Å². The molecule has 0 aliphatic carbocycles. The van der Waals surface area contributed by atoms with E-state index in [0.29, 0.717) is 18.6 Å². The Balaban J connectivity index is 2.00. The van der Waals surface area contributed by atoms with Crippen LogP contribution in [-0.4, -0.2) is 37.0 Å². The molecule has 0 saturated heterocycles.